The molecule has 3 rings (SSSR count). The van der Waals surface area contributed by atoms with Crippen LogP contribution in [0.4, 0.5) is 0 Å². The highest BCUT2D eigenvalue weighted by atomic mass is 16.5. The van der Waals surface area contributed by atoms with Gasteiger partial charge in [0.2, 0.25) is 11.8 Å². The Hall–Kier alpha value is -2.93. The minimum Gasteiger partial charge on any atom is -0.493 e. The monoisotopic (exact) mass is 411 g/mol. The van der Waals surface area contributed by atoms with Gasteiger partial charge in [0.05, 0.1) is 27.1 Å². The van der Waals surface area contributed by atoms with E-state index in [4.69, 9.17) is 9.47 Å². The Morgan fingerprint density at radius 1 is 1.03 bits per heavy atom. The van der Waals surface area contributed by atoms with Gasteiger partial charge < -0.3 is 14.4 Å². The molecule has 0 saturated carbocycles. The Morgan fingerprint density at radius 2 is 1.67 bits per heavy atom. The molecule has 160 valence electrons. The number of pyridine rings is 1. The zero-order valence-electron chi connectivity index (χ0n) is 17.9. The number of rotatable bonds is 9. The van der Waals surface area contributed by atoms with E-state index in [0.717, 1.165) is 37.1 Å². The number of methoxy groups -OCH3 is 2. The van der Waals surface area contributed by atoms with Crippen LogP contribution < -0.4 is 9.47 Å². The maximum atomic E-state index is 12.7. The van der Waals surface area contributed by atoms with Crippen LogP contribution in [0.5, 0.6) is 11.5 Å². The van der Waals surface area contributed by atoms with Gasteiger partial charge in [0.15, 0.2) is 11.5 Å². The van der Waals surface area contributed by atoms with Crippen molar-refractivity contribution in [2.75, 3.05) is 40.9 Å². The number of carbonyl (C=O) groups is 2. The molecule has 0 fully saturated rings. The fourth-order valence-corrected chi connectivity index (χ4v) is 3.67. The van der Waals surface area contributed by atoms with Crippen molar-refractivity contribution in [1.82, 2.24) is 14.8 Å². The van der Waals surface area contributed by atoms with Crippen LogP contribution in [0, 0.1) is 0 Å². The van der Waals surface area contributed by atoms with E-state index >= 15 is 0 Å². The first-order valence-corrected chi connectivity index (χ1v) is 10.2. The van der Waals surface area contributed by atoms with Crippen LogP contribution in [0.3, 0.4) is 0 Å². The number of fused-ring (bicyclic) bond motifs is 1. The van der Waals surface area contributed by atoms with Crippen molar-refractivity contribution in [3.63, 3.8) is 0 Å². The van der Waals surface area contributed by atoms with E-state index in [1.165, 1.54) is 10.5 Å². The van der Waals surface area contributed by atoms with Crippen LogP contribution in [0.1, 0.15) is 23.1 Å². The molecule has 0 spiro atoms. The molecule has 1 aromatic heterocycles. The number of aromatic nitrogens is 1. The van der Waals surface area contributed by atoms with Crippen LogP contribution in [0.15, 0.2) is 36.7 Å². The van der Waals surface area contributed by atoms with Crippen LogP contribution in [-0.4, -0.2) is 67.5 Å². The summed E-state index contributed by atoms with van der Waals surface area (Å²) in [6.07, 6.45) is 5.70. The van der Waals surface area contributed by atoms with E-state index in [0.29, 0.717) is 18.0 Å². The van der Waals surface area contributed by atoms with E-state index in [1.807, 2.05) is 12.3 Å². The summed E-state index contributed by atoms with van der Waals surface area (Å²) in [5, 5.41) is 0. The Bertz CT molecular complexity index is 841. The van der Waals surface area contributed by atoms with Crippen molar-refractivity contribution in [1.29, 1.82) is 0 Å². The molecule has 0 unspecified atom stereocenters. The number of imide groups is 1. The molecule has 0 atom stereocenters. The van der Waals surface area contributed by atoms with Crippen LogP contribution in [0.2, 0.25) is 0 Å². The molecule has 2 aromatic rings. The van der Waals surface area contributed by atoms with Crippen LogP contribution in [-0.2, 0) is 28.9 Å². The molecular weight excluding hydrogens is 382 g/mol. The molecule has 2 amide bonds. The van der Waals surface area contributed by atoms with Gasteiger partial charge in [-0.15, -0.1) is 0 Å². The molecule has 0 bridgehead atoms. The zero-order chi connectivity index (χ0) is 21.5. The van der Waals surface area contributed by atoms with Gasteiger partial charge in [0.25, 0.3) is 0 Å². The zero-order valence-corrected chi connectivity index (χ0v) is 17.9. The number of ether oxygens (including phenoxy) is 2. The number of benzene rings is 1. The van der Waals surface area contributed by atoms with Gasteiger partial charge in [0.1, 0.15) is 0 Å². The van der Waals surface area contributed by atoms with E-state index in [1.54, 1.807) is 32.5 Å². The first kappa shape index (κ1) is 21.8. The van der Waals surface area contributed by atoms with Crippen molar-refractivity contribution < 1.29 is 19.1 Å². The molecule has 2 heterocycles. The van der Waals surface area contributed by atoms with Crippen molar-refractivity contribution in [3.8, 4) is 11.5 Å². The van der Waals surface area contributed by atoms with Crippen molar-refractivity contribution in [2.24, 2.45) is 0 Å². The topological polar surface area (TPSA) is 72.0 Å². The number of likely N-dealkylation sites (N-methyl/N-ethyl adjacent to an activating group) is 1. The van der Waals surface area contributed by atoms with Crippen molar-refractivity contribution in [2.45, 2.75) is 25.7 Å². The summed E-state index contributed by atoms with van der Waals surface area (Å²) in [6, 6.07) is 7.61. The van der Waals surface area contributed by atoms with E-state index < -0.39 is 0 Å². The van der Waals surface area contributed by atoms with Gasteiger partial charge in [-0.05, 0) is 61.3 Å². The van der Waals surface area contributed by atoms with E-state index in [9.17, 15) is 9.59 Å². The number of amides is 2. The summed E-state index contributed by atoms with van der Waals surface area (Å²) in [6.45, 7) is 2.14. The Labute approximate surface area is 177 Å². The summed E-state index contributed by atoms with van der Waals surface area (Å²) in [5.41, 5.74) is 2.84. The Morgan fingerprint density at radius 3 is 2.20 bits per heavy atom. The predicted octanol–water partition coefficient (Wildman–Crippen LogP) is 2.12. The molecule has 1 aromatic carbocycles. The second-order valence-electron chi connectivity index (χ2n) is 7.54. The third-order valence-corrected chi connectivity index (χ3v) is 5.42. The van der Waals surface area contributed by atoms with Crippen molar-refractivity contribution >= 4 is 11.8 Å². The van der Waals surface area contributed by atoms with Gasteiger partial charge in [-0.2, -0.15) is 0 Å². The maximum Gasteiger partial charge on any atom is 0.233 e. The molecule has 7 heteroatoms. The molecule has 1 aliphatic rings. The lowest BCUT2D eigenvalue weighted by Crippen LogP contribution is -2.39. The first-order valence-electron chi connectivity index (χ1n) is 10.2. The van der Waals surface area contributed by atoms with Gasteiger partial charge >= 0.3 is 0 Å². The minimum atomic E-state index is -0.163. The number of carbonyl (C=O) groups excluding carboxylic acids is 2. The van der Waals surface area contributed by atoms with Crippen LogP contribution >= 0.6 is 0 Å². The molecule has 0 aliphatic carbocycles. The van der Waals surface area contributed by atoms with Crippen LogP contribution in [0.25, 0.3) is 0 Å². The number of hydrogen-bond donors (Lipinski definition) is 0. The number of hydrogen-bond acceptors (Lipinski definition) is 6. The molecule has 1 aliphatic heterocycles. The molecular formula is C23H29N3O4. The smallest absolute Gasteiger partial charge is 0.233 e. The Balaban J connectivity index is 1.55. The summed E-state index contributed by atoms with van der Waals surface area (Å²) < 4.78 is 10.7. The maximum absolute atomic E-state index is 12.7. The normalized spacial score (nSPS) is 13.9. The third-order valence-electron chi connectivity index (χ3n) is 5.42. The average Bonchev–Trinajstić information content (AvgIpc) is 2.87. The summed E-state index contributed by atoms with van der Waals surface area (Å²) in [7, 11) is 5.17. The minimum absolute atomic E-state index is 0.163. The molecule has 0 saturated heterocycles. The standard InChI is InChI=1S/C23H29N3O4/c1-25(11-7-17-6-4-8-24-16-17)9-5-10-26-22(27)14-18-12-20(29-2)21(30-3)13-19(18)15-23(26)28/h4,6,8,12-13,16H,5,7,9-11,14-15H2,1-3H3. The Kier molecular flexibility index (Phi) is 7.41. The average molecular weight is 412 g/mol. The molecule has 0 radical (unpaired) electrons. The molecule has 30 heavy (non-hydrogen) atoms. The van der Waals surface area contributed by atoms with E-state index in [-0.39, 0.29) is 24.7 Å². The van der Waals surface area contributed by atoms with Gasteiger partial charge in [-0.1, -0.05) is 6.07 Å². The number of nitrogens with zero attached hydrogens (tertiary/aromatic N) is 3. The fourth-order valence-electron chi connectivity index (χ4n) is 3.67. The summed E-state index contributed by atoms with van der Waals surface area (Å²) >= 11 is 0. The van der Waals surface area contributed by atoms with E-state index in [2.05, 4.69) is 23.0 Å². The van der Waals surface area contributed by atoms with Gasteiger partial charge in [0, 0.05) is 25.5 Å². The highest BCUT2D eigenvalue weighted by Crippen LogP contribution is 2.32. The third kappa shape index (κ3) is 5.36. The summed E-state index contributed by atoms with van der Waals surface area (Å²) in [5.74, 6) is 0.813. The lowest BCUT2D eigenvalue weighted by atomic mass is 10.0. The molecule has 7 nitrogen and oxygen atoms in total. The van der Waals surface area contributed by atoms with Gasteiger partial charge in [-0.3, -0.25) is 19.5 Å². The second-order valence-corrected chi connectivity index (χ2v) is 7.54. The predicted molar refractivity (Wildman–Crippen MR) is 114 cm³/mol. The lowest BCUT2D eigenvalue weighted by Gasteiger charge is -2.21. The fraction of sp³-hybridized carbons (Fsp3) is 0.435. The second kappa shape index (κ2) is 10.2. The first-order chi connectivity index (χ1) is 14.5. The quantitative estimate of drug-likeness (QED) is 0.589. The highest BCUT2D eigenvalue weighted by Gasteiger charge is 2.28. The summed E-state index contributed by atoms with van der Waals surface area (Å²) in [4.78, 5) is 33.2. The lowest BCUT2D eigenvalue weighted by molar-refractivity contribution is -0.143. The van der Waals surface area contributed by atoms with Gasteiger partial charge in [-0.25, -0.2) is 0 Å². The SMILES string of the molecule is COc1cc2c(cc1OC)CC(=O)N(CCCN(C)CCc1cccnc1)C(=O)C2. The largest absolute Gasteiger partial charge is 0.493 e. The van der Waals surface area contributed by atoms with Crippen molar-refractivity contribution in [3.05, 3.63) is 53.3 Å². The highest BCUT2D eigenvalue weighted by molar-refractivity contribution is 5.99. The molecule has 0 N–H and O–H groups in total.